The van der Waals surface area contributed by atoms with E-state index in [-0.39, 0.29) is 5.82 Å². The number of nitrogens with one attached hydrogen (secondary N) is 1. The van der Waals surface area contributed by atoms with Crippen molar-refractivity contribution in [1.82, 2.24) is 4.98 Å². The molecule has 0 aliphatic heterocycles. The summed E-state index contributed by atoms with van der Waals surface area (Å²) in [6.45, 7) is 2.06. The fourth-order valence-corrected chi connectivity index (χ4v) is 2.40. The second-order valence-corrected chi connectivity index (χ2v) is 4.71. The van der Waals surface area contributed by atoms with Crippen molar-refractivity contribution in [3.63, 3.8) is 0 Å². The Labute approximate surface area is 107 Å². The smallest absolute Gasteiger partial charge is 0.125 e. The standard InChI is InChI=1S/C12H12FIN2/c1-3-8-6-11(15-2)9-4-7(13)5-10(14)12(9)16-8/h4-6H,3H2,1-2H3,(H,15,16). The zero-order valence-corrected chi connectivity index (χ0v) is 11.3. The highest BCUT2D eigenvalue weighted by atomic mass is 127. The summed E-state index contributed by atoms with van der Waals surface area (Å²) in [5.41, 5.74) is 2.81. The van der Waals surface area contributed by atoms with Gasteiger partial charge in [0.05, 0.1) is 5.52 Å². The summed E-state index contributed by atoms with van der Waals surface area (Å²) >= 11 is 2.12. The van der Waals surface area contributed by atoms with Crippen LogP contribution in [0.25, 0.3) is 10.9 Å². The first kappa shape index (κ1) is 11.6. The van der Waals surface area contributed by atoms with Crippen LogP contribution >= 0.6 is 22.6 Å². The molecule has 0 bridgehead atoms. The second kappa shape index (κ2) is 4.53. The minimum Gasteiger partial charge on any atom is -0.388 e. The fraction of sp³-hybridized carbons (Fsp3) is 0.250. The normalized spacial score (nSPS) is 10.8. The third-order valence-corrected chi connectivity index (χ3v) is 3.34. The molecular weight excluding hydrogens is 318 g/mol. The fourth-order valence-electron chi connectivity index (χ4n) is 1.69. The van der Waals surface area contributed by atoms with E-state index in [0.717, 1.165) is 32.3 Å². The van der Waals surface area contributed by atoms with Crippen LogP contribution in [0.2, 0.25) is 0 Å². The van der Waals surface area contributed by atoms with Crippen molar-refractivity contribution in [2.75, 3.05) is 12.4 Å². The first-order valence-electron chi connectivity index (χ1n) is 5.12. The number of nitrogens with zero attached hydrogens (tertiary/aromatic N) is 1. The molecule has 2 rings (SSSR count). The number of fused-ring (bicyclic) bond motifs is 1. The van der Waals surface area contributed by atoms with E-state index in [1.165, 1.54) is 12.1 Å². The summed E-state index contributed by atoms with van der Waals surface area (Å²) in [6.07, 6.45) is 0.873. The molecule has 0 saturated carbocycles. The summed E-state index contributed by atoms with van der Waals surface area (Å²) in [6, 6.07) is 5.00. The number of hydrogen-bond donors (Lipinski definition) is 1. The first-order chi connectivity index (χ1) is 7.65. The number of halogens is 2. The maximum absolute atomic E-state index is 13.3. The number of rotatable bonds is 2. The molecule has 0 atom stereocenters. The van der Waals surface area contributed by atoms with Crippen LogP contribution in [-0.4, -0.2) is 12.0 Å². The average Bonchev–Trinajstić information content (AvgIpc) is 2.28. The molecule has 16 heavy (non-hydrogen) atoms. The van der Waals surface area contributed by atoms with E-state index in [9.17, 15) is 4.39 Å². The van der Waals surface area contributed by atoms with Gasteiger partial charge in [-0.3, -0.25) is 4.98 Å². The molecule has 1 aromatic heterocycles. The molecule has 0 aliphatic carbocycles. The summed E-state index contributed by atoms with van der Waals surface area (Å²) in [7, 11) is 1.84. The number of hydrogen-bond acceptors (Lipinski definition) is 2. The molecule has 1 heterocycles. The topological polar surface area (TPSA) is 24.9 Å². The molecular formula is C12H12FIN2. The van der Waals surface area contributed by atoms with E-state index in [1.54, 1.807) is 0 Å². The highest BCUT2D eigenvalue weighted by molar-refractivity contribution is 14.1. The monoisotopic (exact) mass is 330 g/mol. The maximum Gasteiger partial charge on any atom is 0.125 e. The molecule has 0 radical (unpaired) electrons. The van der Waals surface area contributed by atoms with Crippen molar-refractivity contribution >= 4 is 39.2 Å². The van der Waals surface area contributed by atoms with Crippen LogP contribution in [0.5, 0.6) is 0 Å². The Morgan fingerprint density at radius 3 is 2.75 bits per heavy atom. The van der Waals surface area contributed by atoms with E-state index in [1.807, 2.05) is 13.1 Å². The van der Waals surface area contributed by atoms with Crippen LogP contribution in [0.1, 0.15) is 12.6 Å². The minimum atomic E-state index is -0.223. The Morgan fingerprint density at radius 1 is 1.38 bits per heavy atom. The molecule has 0 amide bonds. The van der Waals surface area contributed by atoms with Crippen LogP contribution in [0.3, 0.4) is 0 Å². The third-order valence-electron chi connectivity index (χ3n) is 2.52. The quantitative estimate of drug-likeness (QED) is 0.852. The highest BCUT2D eigenvalue weighted by Crippen LogP contribution is 2.27. The minimum absolute atomic E-state index is 0.223. The zero-order valence-electron chi connectivity index (χ0n) is 9.14. The van der Waals surface area contributed by atoms with Crippen LogP contribution < -0.4 is 5.32 Å². The Balaban J connectivity index is 2.83. The predicted octanol–water partition coefficient (Wildman–Crippen LogP) is 3.58. The Bertz CT molecular complexity index is 540. The SMILES string of the molecule is CCc1cc(NC)c2cc(F)cc(I)c2n1. The lowest BCUT2D eigenvalue weighted by molar-refractivity contribution is 0.628. The van der Waals surface area contributed by atoms with E-state index >= 15 is 0 Å². The summed E-state index contributed by atoms with van der Waals surface area (Å²) < 4.78 is 14.2. The van der Waals surface area contributed by atoms with Crippen molar-refractivity contribution in [3.05, 3.63) is 33.3 Å². The Morgan fingerprint density at radius 2 is 2.12 bits per heavy atom. The molecule has 4 heteroatoms. The van der Waals surface area contributed by atoms with Crippen molar-refractivity contribution in [2.24, 2.45) is 0 Å². The van der Waals surface area contributed by atoms with Gasteiger partial charge < -0.3 is 5.32 Å². The third kappa shape index (κ3) is 1.98. The molecule has 0 unspecified atom stereocenters. The van der Waals surface area contributed by atoms with Crippen LogP contribution in [0.15, 0.2) is 18.2 Å². The lowest BCUT2D eigenvalue weighted by Crippen LogP contribution is -1.97. The summed E-state index contributed by atoms with van der Waals surface area (Å²) in [5, 5.41) is 3.93. The number of aromatic nitrogens is 1. The Kier molecular flexibility index (Phi) is 3.28. The Hall–Kier alpha value is -0.910. The van der Waals surface area contributed by atoms with Crippen molar-refractivity contribution in [3.8, 4) is 0 Å². The maximum atomic E-state index is 13.3. The van der Waals surface area contributed by atoms with E-state index in [0.29, 0.717) is 0 Å². The van der Waals surface area contributed by atoms with Crippen LogP contribution in [-0.2, 0) is 6.42 Å². The van der Waals surface area contributed by atoms with Gasteiger partial charge in [0, 0.05) is 27.4 Å². The number of anilines is 1. The number of aryl methyl sites for hydroxylation is 1. The summed E-state index contributed by atoms with van der Waals surface area (Å²) in [4.78, 5) is 4.53. The van der Waals surface area contributed by atoms with Gasteiger partial charge in [-0.1, -0.05) is 6.92 Å². The number of pyridine rings is 1. The highest BCUT2D eigenvalue weighted by Gasteiger charge is 2.08. The van der Waals surface area contributed by atoms with Crippen molar-refractivity contribution < 1.29 is 4.39 Å². The van der Waals surface area contributed by atoms with Gasteiger partial charge in [-0.05, 0) is 47.2 Å². The van der Waals surface area contributed by atoms with Gasteiger partial charge in [-0.15, -0.1) is 0 Å². The molecule has 1 N–H and O–H groups in total. The molecule has 2 aromatic rings. The molecule has 84 valence electrons. The average molecular weight is 330 g/mol. The predicted molar refractivity (Wildman–Crippen MR) is 73.3 cm³/mol. The first-order valence-corrected chi connectivity index (χ1v) is 6.20. The largest absolute Gasteiger partial charge is 0.388 e. The molecule has 0 saturated heterocycles. The second-order valence-electron chi connectivity index (χ2n) is 3.55. The lowest BCUT2D eigenvalue weighted by atomic mass is 10.1. The summed E-state index contributed by atoms with van der Waals surface area (Å²) in [5.74, 6) is -0.223. The van der Waals surface area contributed by atoms with Gasteiger partial charge in [0.25, 0.3) is 0 Å². The lowest BCUT2D eigenvalue weighted by Gasteiger charge is -2.09. The van der Waals surface area contributed by atoms with Gasteiger partial charge >= 0.3 is 0 Å². The zero-order chi connectivity index (χ0) is 11.7. The van der Waals surface area contributed by atoms with Crippen LogP contribution in [0.4, 0.5) is 10.1 Å². The number of benzene rings is 1. The van der Waals surface area contributed by atoms with E-state index in [4.69, 9.17) is 0 Å². The van der Waals surface area contributed by atoms with E-state index in [2.05, 4.69) is 39.8 Å². The molecule has 1 aromatic carbocycles. The van der Waals surface area contributed by atoms with Gasteiger partial charge in [0.2, 0.25) is 0 Å². The van der Waals surface area contributed by atoms with Gasteiger partial charge in [-0.25, -0.2) is 4.39 Å². The van der Waals surface area contributed by atoms with Crippen LogP contribution in [0, 0.1) is 9.39 Å². The molecule has 0 aliphatic rings. The van der Waals surface area contributed by atoms with E-state index < -0.39 is 0 Å². The van der Waals surface area contributed by atoms with Gasteiger partial charge in [0.15, 0.2) is 0 Å². The van der Waals surface area contributed by atoms with Gasteiger partial charge in [-0.2, -0.15) is 0 Å². The van der Waals surface area contributed by atoms with Gasteiger partial charge in [0.1, 0.15) is 5.82 Å². The van der Waals surface area contributed by atoms with Crippen molar-refractivity contribution in [2.45, 2.75) is 13.3 Å². The molecule has 2 nitrogen and oxygen atoms in total. The molecule has 0 fully saturated rings. The molecule has 0 spiro atoms. The van der Waals surface area contributed by atoms with Crippen molar-refractivity contribution in [1.29, 1.82) is 0 Å².